The maximum absolute atomic E-state index is 14.1. The molecule has 0 saturated carbocycles. The molecule has 0 atom stereocenters. The minimum Gasteiger partial charge on any atom is -0.350 e. The number of carbonyl (C=O) groups excluding carboxylic acids is 2. The Labute approximate surface area is 301 Å². The average molecular weight is 958 g/mol. The number of rotatable bonds is 20. The molecule has 0 aliphatic carbocycles. The fourth-order valence-corrected chi connectivity index (χ4v) is 3.48. The zero-order chi connectivity index (χ0) is 48.6. The van der Waals surface area contributed by atoms with E-state index in [9.17, 15) is 150 Å². The van der Waals surface area contributed by atoms with Gasteiger partial charge >= 0.3 is 95.8 Å². The predicted octanol–water partition coefficient (Wildman–Crippen LogP) is 9.67. The summed E-state index contributed by atoms with van der Waals surface area (Å²) in [7, 11) is 0. The second kappa shape index (κ2) is 15.0. The van der Waals surface area contributed by atoms with Crippen molar-refractivity contribution in [2.75, 3.05) is 13.1 Å². The van der Waals surface area contributed by atoms with Crippen molar-refractivity contribution < 1.29 is 150 Å². The molecule has 0 aromatic rings. The van der Waals surface area contributed by atoms with Crippen LogP contribution in [0.15, 0.2) is 0 Å². The molecular weight excluding hydrogens is 944 g/mol. The maximum atomic E-state index is 14.1. The van der Waals surface area contributed by atoms with Crippen LogP contribution in [0.5, 0.6) is 0 Å². The topological polar surface area (TPSA) is 58.2 Å². The fraction of sp³-hybridized carbons (Fsp3) is 0.913. The van der Waals surface area contributed by atoms with Crippen LogP contribution in [0.25, 0.3) is 0 Å². The molecule has 0 aliphatic rings. The number of amides is 2. The average Bonchev–Trinajstić information content (AvgIpc) is 3.04. The molecular formula is C23H14F32N2O2. The van der Waals surface area contributed by atoms with Gasteiger partial charge in [0.05, 0.1) is 0 Å². The van der Waals surface area contributed by atoms with Gasteiger partial charge in [-0.15, -0.1) is 0 Å². The van der Waals surface area contributed by atoms with Crippen molar-refractivity contribution in [1.82, 2.24) is 10.6 Å². The summed E-state index contributed by atoms with van der Waals surface area (Å²) in [5.74, 6) is -127. The van der Waals surface area contributed by atoms with Gasteiger partial charge in [-0.2, -0.15) is 123 Å². The summed E-state index contributed by atoms with van der Waals surface area (Å²) in [6.45, 7) is -4.26. The van der Waals surface area contributed by atoms with Crippen LogP contribution in [0, 0.1) is 5.41 Å². The Kier molecular flexibility index (Phi) is 14.1. The standard InChI is InChI=1S/C23H14F32N2O2/c1-9(2,3-56-7(58)12(32,33)16(40,41)20(48,49)22(52,53)18(44,45)14(36,37)10(28,29)5(24)25)4-57-8(59)13(34,35)17(42,43)21(50,51)23(54,55)19(46,47)15(38,39)11(30,31)6(26)27/h5-6H,3-4H2,1-2H3,(H,56,58)(H,57,59). The van der Waals surface area contributed by atoms with Crippen molar-refractivity contribution in [2.45, 2.75) is 110 Å². The minimum atomic E-state index is -8.99. The minimum absolute atomic E-state index is 0.114. The lowest BCUT2D eigenvalue weighted by Gasteiger charge is -2.42. The highest BCUT2D eigenvalue weighted by molar-refractivity contribution is 5.85. The number of hydrogen-bond donors (Lipinski definition) is 2. The van der Waals surface area contributed by atoms with Gasteiger partial charge in [0, 0.05) is 13.1 Å². The zero-order valence-corrected chi connectivity index (χ0v) is 27.0. The molecule has 59 heavy (non-hydrogen) atoms. The van der Waals surface area contributed by atoms with Crippen molar-refractivity contribution in [3.8, 4) is 0 Å². The molecule has 0 aromatic heterocycles. The Bertz CT molecular complexity index is 1420. The molecule has 0 spiro atoms. The molecule has 0 aromatic carbocycles. The van der Waals surface area contributed by atoms with E-state index in [1.807, 2.05) is 0 Å². The van der Waals surface area contributed by atoms with E-state index in [2.05, 4.69) is 0 Å². The molecule has 0 fully saturated rings. The van der Waals surface area contributed by atoms with Gasteiger partial charge in [-0.05, 0) is 5.41 Å². The highest BCUT2D eigenvalue weighted by Gasteiger charge is 2.96. The van der Waals surface area contributed by atoms with Gasteiger partial charge < -0.3 is 10.6 Å². The van der Waals surface area contributed by atoms with Gasteiger partial charge in [0.2, 0.25) is 0 Å². The van der Waals surface area contributed by atoms with Gasteiger partial charge in [-0.25, -0.2) is 17.6 Å². The molecule has 0 saturated heterocycles. The summed E-state index contributed by atoms with van der Waals surface area (Å²) in [4.78, 5) is 23.1. The normalized spacial score (nSPS) is 16.2. The third kappa shape index (κ3) is 7.67. The van der Waals surface area contributed by atoms with Gasteiger partial charge in [0.25, 0.3) is 11.8 Å². The summed E-state index contributed by atoms with van der Waals surface area (Å²) in [5.41, 5.74) is -2.94. The summed E-state index contributed by atoms with van der Waals surface area (Å²) >= 11 is 0. The van der Waals surface area contributed by atoms with Crippen molar-refractivity contribution in [2.24, 2.45) is 5.41 Å². The second-order valence-electron chi connectivity index (χ2n) is 12.3. The molecule has 4 nitrogen and oxygen atoms in total. The molecule has 0 radical (unpaired) electrons. The lowest BCUT2D eigenvalue weighted by atomic mass is 9.88. The van der Waals surface area contributed by atoms with Crippen molar-refractivity contribution in [3.05, 3.63) is 0 Å². The first-order valence-electron chi connectivity index (χ1n) is 13.6. The van der Waals surface area contributed by atoms with Gasteiger partial charge in [0.15, 0.2) is 0 Å². The molecule has 0 heterocycles. The van der Waals surface area contributed by atoms with Crippen LogP contribution in [0.1, 0.15) is 13.8 Å². The van der Waals surface area contributed by atoms with E-state index >= 15 is 0 Å². The Balaban J connectivity index is 6.49. The lowest BCUT2D eigenvalue weighted by Crippen LogP contribution is -2.75. The number of alkyl halides is 32. The van der Waals surface area contributed by atoms with Gasteiger partial charge in [-0.3, -0.25) is 9.59 Å². The SMILES string of the molecule is CC(C)(CNC(=O)C(F)(F)C(F)(F)C(F)(F)C(F)(F)C(F)(F)C(F)(F)C(F)(F)C(F)F)CNC(=O)C(F)(F)C(F)(F)C(F)(F)C(F)(F)C(F)(F)C(F)(F)C(F)(F)C(F)F. The summed E-state index contributed by atoms with van der Waals surface area (Å²) in [6, 6.07) is 0. The molecule has 2 N–H and O–H groups in total. The van der Waals surface area contributed by atoms with Crippen LogP contribution in [0.2, 0.25) is 0 Å². The number of nitrogens with one attached hydrogen (secondary N) is 2. The molecule has 0 aliphatic heterocycles. The second-order valence-corrected chi connectivity index (χ2v) is 12.3. The van der Waals surface area contributed by atoms with Crippen LogP contribution in [0.3, 0.4) is 0 Å². The first kappa shape index (κ1) is 55.7. The summed E-state index contributed by atoms with van der Waals surface area (Å²) < 4.78 is 430. The van der Waals surface area contributed by atoms with Crippen LogP contribution in [-0.2, 0) is 9.59 Å². The number of halogens is 32. The number of carbonyl (C=O) groups is 2. The largest absolute Gasteiger partial charge is 0.392 e. The smallest absolute Gasteiger partial charge is 0.350 e. The van der Waals surface area contributed by atoms with E-state index in [0.717, 1.165) is 0 Å². The zero-order valence-electron chi connectivity index (χ0n) is 27.0. The Morgan fingerprint density at radius 1 is 0.339 bits per heavy atom. The highest BCUT2D eigenvalue weighted by atomic mass is 19.4. The highest BCUT2D eigenvalue weighted by Crippen LogP contribution is 2.64. The Morgan fingerprint density at radius 2 is 0.508 bits per heavy atom. The Morgan fingerprint density at radius 3 is 0.695 bits per heavy atom. The van der Waals surface area contributed by atoms with Crippen molar-refractivity contribution in [1.29, 1.82) is 0 Å². The van der Waals surface area contributed by atoms with Gasteiger partial charge in [0.1, 0.15) is 0 Å². The van der Waals surface area contributed by atoms with E-state index in [0.29, 0.717) is 0 Å². The predicted molar refractivity (Wildman–Crippen MR) is 121 cm³/mol. The molecule has 2 amide bonds. The number of hydrogen-bond acceptors (Lipinski definition) is 2. The molecule has 352 valence electrons. The first-order chi connectivity index (χ1) is 25.1. The van der Waals surface area contributed by atoms with E-state index in [-0.39, 0.29) is 24.5 Å². The van der Waals surface area contributed by atoms with Crippen LogP contribution in [-0.4, -0.2) is 121 Å². The molecule has 0 unspecified atom stereocenters. The third-order valence-corrected chi connectivity index (χ3v) is 7.35. The van der Waals surface area contributed by atoms with E-state index < -0.39 is 126 Å². The first-order valence-corrected chi connectivity index (χ1v) is 13.6. The van der Waals surface area contributed by atoms with Gasteiger partial charge in [-0.1, -0.05) is 13.8 Å². The van der Waals surface area contributed by atoms with E-state index in [1.165, 1.54) is 0 Å². The van der Waals surface area contributed by atoms with Crippen LogP contribution in [0.4, 0.5) is 140 Å². The quantitative estimate of drug-likeness (QED) is 0.120. The van der Waals surface area contributed by atoms with Crippen LogP contribution < -0.4 is 10.6 Å². The molecule has 0 bridgehead atoms. The van der Waals surface area contributed by atoms with E-state index in [4.69, 9.17) is 0 Å². The maximum Gasteiger partial charge on any atom is 0.392 e. The molecule has 36 heteroatoms. The van der Waals surface area contributed by atoms with Crippen molar-refractivity contribution in [3.63, 3.8) is 0 Å². The monoisotopic (exact) mass is 958 g/mol. The van der Waals surface area contributed by atoms with Crippen molar-refractivity contribution >= 4 is 11.8 Å². The van der Waals surface area contributed by atoms with Crippen LogP contribution >= 0.6 is 0 Å². The molecule has 0 rings (SSSR count). The lowest BCUT2D eigenvalue weighted by molar-refractivity contribution is -0.443. The summed E-state index contributed by atoms with van der Waals surface area (Å²) in [6.07, 6.45) is -12.4. The fourth-order valence-electron chi connectivity index (χ4n) is 3.48. The summed E-state index contributed by atoms with van der Waals surface area (Å²) in [5, 5.41) is 0.423. The van der Waals surface area contributed by atoms with E-state index in [1.54, 1.807) is 0 Å². The Hall–Kier alpha value is -3.30. The third-order valence-electron chi connectivity index (χ3n) is 7.35.